The minimum atomic E-state index is -0.670. The first-order valence-corrected chi connectivity index (χ1v) is 12.2. The number of hydrogen-bond acceptors (Lipinski definition) is 9. The number of para-hydroxylation sites is 1. The van der Waals surface area contributed by atoms with Crippen molar-refractivity contribution < 1.29 is 23.7 Å². The molecule has 1 unspecified atom stereocenters. The van der Waals surface area contributed by atoms with E-state index >= 15 is 0 Å². The molecular weight excluding hydrogens is 510 g/mol. The molecule has 12 heteroatoms. The van der Waals surface area contributed by atoms with Crippen LogP contribution >= 0.6 is 11.8 Å². The lowest BCUT2D eigenvalue weighted by molar-refractivity contribution is -0.384. The summed E-state index contributed by atoms with van der Waals surface area (Å²) in [7, 11) is 1.55. The smallest absolute Gasteiger partial charge is 0.280 e. The number of nitro benzene ring substituents is 1. The number of carbonyl (C=O) groups excluding carboxylic acids is 2. The standard InChI is InChI=1S/C26H23N5O6S/c1-3-14-30-25(33)23(15-24(32)28-17-8-10-18(36-2)11-9-17)38-26(30)29-27-16-19-12-13-22(37-19)20-6-4-5-7-21(20)31(34)35/h3-13,16,23H,1,14-15H2,2H3,(H,28,32)/b27-16+,29-26-. The maximum Gasteiger partial charge on any atom is 0.280 e. The van der Waals surface area contributed by atoms with Gasteiger partial charge in [-0.05, 0) is 42.5 Å². The third-order valence-electron chi connectivity index (χ3n) is 5.40. The summed E-state index contributed by atoms with van der Waals surface area (Å²) in [5.74, 6) is 0.710. The Hall–Kier alpha value is -4.71. The summed E-state index contributed by atoms with van der Waals surface area (Å²) in [6, 6.07) is 16.3. The van der Waals surface area contributed by atoms with Crippen LogP contribution in [0.5, 0.6) is 5.75 Å². The number of amides is 2. The number of rotatable bonds is 10. The summed E-state index contributed by atoms with van der Waals surface area (Å²) in [5, 5.41) is 21.9. The molecule has 2 heterocycles. The van der Waals surface area contributed by atoms with Crippen molar-refractivity contribution in [2.75, 3.05) is 19.0 Å². The van der Waals surface area contributed by atoms with Crippen molar-refractivity contribution in [2.45, 2.75) is 11.7 Å². The van der Waals surface area contributed by atoms with E-state index in [9.17, 15) is 19.7 Å². The quantitative estimate of drug-likeness (QED) is 0.172. The van der Waals surface area contributed by atoms with Gasteiger partial charge in [-0.3, -0.25) is 24.6 Å². The average Bonchev–Trinajstić information content (AvgIpc) is 3.50. The highest BCUT2D eigenvalue weighted by Gasteiger charge is 2.38. The number of benzene rings is 2. The van der Waals surface area contributed by atoms with Crippen LogP contribution in [0, 0.1) is 10.1 Å². The van der Waals surface area contributed by atoms with Gasteiger partial charge in [-0.2, -0.15) is 5.10 Å². The van der Waals surface area contributed by atoms with Crippen LogP contribution in [0.4, 0.5) is 11.4 Å². The molecule has 4 rings (SSSR count). The van der Waals surface area contributed by atoms with Crippen LogP contribution in [0.2, 0.25) is 0 Å². The minimum absolute atomic E-state index is 0.0523. The zero-order valence-corrected chi connectivity index (χ0v) is 21.1. The topological polar surface area (TPSA) is 140 Å². The molecule has 1 aliphatic heterocycles. The molecule has 0 saturated carbocycles. The highest BCUT2D eigenvalue weighted by atomic mass is 32.2. The number of methoxy groups -OCH3 is 1. The highest BCUT2D eigenvalue weighted by molar-refractivity contribution is 8.15. The van der Waals surface area contributed by atoms with E-state index in [1.165, 1.54) is 17.2 Å². The number of nitro groups is 1. The van der Waals surface area contributed by atoms with E-state index in [4.69, 9.17) is 9.15 Å². The number of carbonyl (C=O) groups is 2. The molecule has 2 aromatic carbocycles. The van der Waals surface area contributed by atoms with Crippen LogP contribution in [-0.2, 0) is 9.59 Å². The molecule has 1 N–H and O–H groups in total. The minimum Gasteiger partial charge on any atom is -0.497 e. The van der Waals surface area contributed by atoms with Gasteiger partial charge in [0.25, 0.3) is 5.69 Å². The Kier molecular flexibility index (Phi) is 8.34. The monoisotopic (exact) mass is 533 g/mol. The molecule has 38 heavy (non-hydrogen) atoms. The Morgan fingerprint density at radius 3 is 2.71 bits per heavy atom. The fourth-order valence-electron chi connectivity index (χ4n) is 3.61. The third-order valence-corrected chi connectivity index (χ3v) is 6.56. The van der Waals surface area contributed by atoms with Crippen LogP contribution < -0.4 is 10.1 Å². The van der Waals surface area contributed by atoms with Crippen molar-refractivity contribution in [2.24, 2.45) is 10.2 Å². The SMILES string of the molecule is C=CCN1C(=O)C(CC(=O)Nc2ccc(OC)cc2)S/C1=N\N=C\c1ccc(-c2ccccc2[N+](=O)[O-])o1. The van der Waals surface area contributed by atoms with Gasteiger partial charge >= 0.3 is 0 Å². The molecule has 0 aliphatic carbocycles. The number of furan rings is 1. The van der Waals surface area contributed by atoms with Crippen molar-refractivity contribution in [1.82, 2.24) is 4.90 Å². The van der Waals surface area contributed by atoms with E-state index in [0.29, 0.717) is 33.7 Å². The van der Waals surface area contributed by atoms with Gasteiger partial charge < -0.3 is 14.5 Å². The Morgan fingerprint density at radius 2 is 2.00 bits per heavy atom. The number of amidine groups is 1. The number of hydrogen-bond donors (Lipinski definition) is 1. The van der Waals surface area contributed by atoms with Crippen LogP contribution in [0.25, 0.3) is 11.3 Å². The molecule has 1 saturated heterocycles. The number of thioether (sulfide) groups is 1. The summed E-state index contributed by atoms with van der Waals surface area (Å²) >= 11 is 1.13. The van der Waals surface area contributed by atoms with Crippen LogP contribution in [-0.4, -0.2) is 51.9 Å². The molecule has 1 fully saturated rings. The Bertz CT molecular complexity index is 1420. The van der Waals surface area contributed by atoms with Crippen LogP contribution in [0.15, 0.2) is 87.9 Å². The molecular formula is C26H23N5O6S. The fraction of sp³-hybridized carbons (Fsp3) is 0.154. The molecule has 1 aliphatic rings. The van der Waals surface area contributed by atoms with Gasteiger partial charge in [0.05, 0.1) is 23.8 Å². The summed E-state index contributed by atoms with van der Waals surface area (Å²) in [5.41, 5.74) is 0.855. The van der Waals surface area contributed by atoms with E-state index in [1.54, 1.807) is 67.8 Å². The predicted molar refractivity (Wildman–Crippen MR) is 145 cm³/mol. The predicted octanol–water partition coefficient (Wildman–Crippen LogP) is 4.71. The Balaban J connectivity index is 1.43. The van der Waals surface area contributed by atoms with Crippen molar-refractivity contribution in [3.8, 4) is 17.1 Å². The van der Waals surface area contributed by atoms with Gasteiger partial charge in [-0.1, -0.05) is 30.0 Å². The number of nitrogens with zero attached hydrogens (tertiary/aromatic N) is 4. The molecule has 0 spiro atoms. The lowest BCUT2D eigenvalue weighted by Gasteiger charge is -2.12. The lowest BCUT2D eigenvalue weighted by Crippen LogP contribution is -2.33. The average molecular weight is 534 g/mol. The van der Waals surface area contributed by atoms with Crippen LogP contribution in [0.1, 0.15) is 12.2 Å². The molecule has 1 atom stereocenters. The fourth-order valence-corrected chi connectivity index (χ4v) is 4.71. The first-order chi connectivity index (χ1) is 18.4. The van der Waals surface area contributed by atoms with E-state index in [1.807, 2.05) is 0 Å². The Labute approximate surface area is 222 Å². The normalized spacial score (nSPS) is 16.2. The van der Waals surface area contributed by atoms with Gasteiger partial charge in [0.1, 0.15) is 22.5 Å². The van der Waals surface area contributed by atoms with Crippen molar-refractivity contribution in [3.05, 3.63) is 89.2 Å². The maximum absolute atomic E-state index is 12.9. The molecule has 194 valence electrons. The summed E-state index contributed by atoms with van der Waals surface area (Å²) in [4.78, 5) is 37.7. The summed E-state index contributed by atoms with van der Waals surface area (Å²) < 4.78 is 10.8. The third kappa shape index (κ3) is 6.16. The van der Waals surface area contributed by atoms with Crippen molar-refractivity contribution in [3.63, 3.8) is 0 Å². The van der Waals surface area contributed by atoms with Crippen molar-refractivity contribution in [1.29, 1.82) is 0 Å². The maximum atomic E-state index is 12.9. The zero-order chi connectivity index (χ0) is 27.1. The lowest BCUT2D eigenvalue weighted by atomic mass is 10.1. The number of ether oxygens (including phenoxy) is 1. The van der Waals surface area contributed by atoms with E-state index in [0.717, 1.165) is 11.8 Å². The van der Waals surface area contributed by atoms with Crippen LogP contribution in [0.3, 0.4) is 0 Å². The first-order valence-electron chi connectivity index (χ1n) is 11.4. The van der Waals surface area contributed by atoms with Gasteiger partial charge in [0.2, 0.25) is 11.8 Å². The van der Waals surface area contributed by atoms with Gasteiger partial charge in [-0.25, -0.2) is 0 Å². The molecule has 11 nitrogen and oxygen atoms in total. The molecule has 0 radical (unpaired) electrons. The molecule has 2 amide bonds. The van der Waals surface area contributed by atoms with E-state index in [2.05, 4.69) is 22.1 Å². The van der Waals surface area contributed by atoms with Crippen molar-refractivity contribution >= 4 is 46.3 Å². The molecule has 0 bridgehead atoms. The number of nitrogens with one attached hydrogen (secondary N) is 1. The highest BCUT2D eigenvalue weighted by Crippen LogP contribution is 2.31. The largest absolute Gasteiger partial charge is 0.497 e. The molecule has 3 aromatic rings. The van der Waals surface area contributed by atoms with Gasteiger partial charge in [0.15, 0.2) is 5.17 Å². The molecule has 1 aromatic heterocycles. The summed E-state index contributed by atoms with van der Waals surface area (Å²) in [6.07, 6.45) is 2.85. The second kappa shape index (κ2) is 12.0. The summed E-state index contributed by atoms with van der Waals surface area (Å²) in [6.45, 7) is 3.89. The second-order valence-corrected chi connectivity index (χ2v) is 9.10. The van der Waals surface area contributed by atoms with E-state index < -0.39 is 10.2 Å². The number of anilines is 1. The van der Waals surface area contributed by atoms with E-state index in [-0.39, 0.29) is 30.5 Å². The zero-order valence-electron chi connectivity index (χ0n) is 20.3. The van der Waals surface area contributed by atoms with Gasteiger partial charge in [-0.15, -0.1) is 11.7 Å². The van der Waals surface area contributed by atoms with Gasteiger partial charge in [0, 0.05) is 24.7 Å². The first kappa shape index (κ1) is 26.4. The second-order valence-electron chi connectivity index (χ2n) is 7.93. The Morgan fingerprint density at radius 1 is 1.24 bits per heavy atom.